The number of fused-ring (bicyclic) bond motifs is 2. The van der Waals surface area contributed by atoms with Crippen LogP contribution in [-0.2, 0) is 24.0 Å². The summed E-state index contributed by atoms with van der Waals surface area (Å²) in [5, 5.41) is 21.2. The third kappa shape index (κ3) is 7.46. The minimum absolute atomic E-state index is 0.520. The van der Waals surface area contributed by atoms with Gasteiger partial charge in [-0.15, -0.1) is 5.10 Å². The first-order valence-electron chi connectivity index (χ1n) is 22.4. The molecule has 7 aromatic carbocycles. The number of hydrogen-bond donors (Lipinski definition) is 1. The van der Waals surface area contributed by atoms with E-state index in [4.69, 9.17) is 25.1 Å². The van der Waals surface area contributed by atoms with Crippen molar-refractivity contribution in [2.45, 2.75) is 24.0 Å². The van der Waals surface area contributed by atoms with Gasteiger partial charge in [-0.2, -0.15) is 5.10 Å². The van der Waals surface area contributed by atoms with Gasteiger partial charge in [0.1, 0.15) is 22.4 Å². The fourth-order valence-corrected chi connectivity index (χ4v) is 9.71. The van der Waals surface area contributed by atoms with E-state index < -0.39 is 11.1 Å². The molecule has 0 fully saturated rings. The Morgan fingerprint density at radius 1 is 0.567 bits per heavy atom. The van der Waals surface area contributed by atoms with Crippen molar-refractivity contribution in [3.63, 3.8) is 0 Å². The molecule has 0 spiro atoms. The molecular weight excluding hydrogens is 825 g/mol. The third-order valence-corrected chi connectivity index (χ3v) is 12.7. The molecule has 0 aliphatic rings. The maximum Gasteiger partial charge on any atom is 0.221 e. The van der Waals surface area contributed by atoms with Gasteiger partial charge in [-0.05, 0) is 73.7 Å². The van der Waals surface area contributed by atoms with Crippen molar-refractivity contribution in [2.75, 3.05) is 12.4 Å². The summed E-state index contributed by atoms with van der Waals surface area (Å²) in [5.41, 5.74) is 8.86. The van der Waals surface area contributed by atoms with Crippen LogP contribution in [0.2, 0.25) is 0 Å². The third-order valence-electron chi connectivity index (χ3n) is 12.7. The molecule has 324 valence electrons. The number of ether oxygens (including phenoxy) is 1. The van der Waals surface area contributed by atoms with Gasteiger partial charge in [-0.25, -0.2) is 14.6 Å². The van der Waals surface area contributed by atoms with E-state index in [9.17, 15) is 0 Å². The van der Waals surface area contributed by atoms with E-state index in [1.165, 1.54) is 0 Å². The van der Waals surface area contributed by atoms with Crippen LogP contribution in [0.3, 0.4) is 0 Å². The Morgan fingerprint density at radius 2 is 1.09 bits per heavy atom. The molecular formula is C58H46N8O. The van der Waals surface area contributed by atoms with Crippen LogP contribution in [0.1, 0.15) is 50.1 Å². The minimum Gasteiger partial charge on any atom is -0.481 e. The molecule has 0 aliphatic heterocycles. The summed E-state index contributed by atoms with van der Waals surface area (Å²) in [6, 6.07) is 73.9. The lowest BCUT2D eigenvalue weighted by Crippen LogP contribution is -2.39. The second-order valence-electron chi connectivity index (χ2n) is 16.7. The number of nitrogens with zero attached hydrogens (tertiary/aromatic N) is 7. The van der Waals surface area contributed by atoms with Gasteiger partial charge in [0.05, 0.1) is 19.9 Å². The SMILES string of the molecule is COc1nccc2ccc(Cn3cc(Cc4cc(NC(c5ccccc5)(c5ccccc5)c5ccccc5)nc5c4nnn5C(c4ccccc4)(c4ccccc4)c4ccccc4)cn3)cc12. The van der Waals surface area contributed by atoms with Crippen LogP contribution in [0.15, 0.2) is 231 Å². The van der Waals surface area contributed by atoms with Crippen molar-refractivity contribution >= 4 is 27.8 Å². The lowest BCUT2D eigenvalue weighted by atomic mass is 9.77. The minimum atomic E-state index is -0.959. The van der Waals surface area contributed by atoms with Gasteiger partial charge < -0.3 is 10.1 Å². The zero-order chi connectivity index (χ0) is 45.0. The lowest BCUT2D eigenvalue weighted by Gasteiger charge is -2.38. The number of aromatic nitrogens is 7. The predicted octanol–water partition coefficient (Wildman–Crippen LogP) is 11.5. The normalized spacial score (nSPS) is 11.8. The van der Waals surface area contributed by atoms with Crippen molar-refractivity contribution in [2.24, 2.45) is 0 Å². The van der Waals surface area contributed by atoms with E-state index in [0.717, 1.165) is 60.8 Å². The maximum atomic E-state index is 5.63. The van der Waals surface area contributed by atoms with Crippen LogP contribution in [0.5, 0.6) is 5.88 Å². The van der Waals surface area contributed by atoms with Crippen molar-refractivity contribution in [1.29, 1.82) is 0 Å². The summed E-state index contributed by atoms with van der Waals surface area (Å²) >= 11 is 0. The zero-order valence-corrected chi connectivity index (χ0v) is 36.9. The molecule has 67 heavy (non-hydrogen) atoms. The first-order chi connectivity index (χ1) is 33.1. The van der Waals surface area contributed by atoms with E-state index in [2.05, 4.69) is 205 Å². The van der Waals surface area contributed by atoms with Crippen LogP contribution in [0.25, 0.3) is 21.9 Å². The monoisotopic (exact) mass is 870 g/mol. The van der Waals surface area contributed by atoms with Gasteiger partial charge in [-0.3, -0.25) is 4.68 Å². The summed E-state index contributed by atoms with van der Waals surface area (Å²) in [4.78, 5) is 10.1. The van der Waals surface area contributed by atoms with Gasteiger partial charge in [0, 0.05) is 24.2 Å². The van der Waals surface area contributed by atoms with Crippen molar-refractivity contribution in [3.8, 4) is 5.88 Å². The molecule has 0 amide bonds. The Hall–Kier alpha value is -8.69. The standard InChI is InChI=1S/C58H46N8O/c1-67-56-52-37-42(32-33-44(52)34-35-59-56)40-65-41-43(39-60-65)36-45-38-53(62-57(46-20-8-2-9-21-46,47-22-10-3-11-23-47)48-24-12-4-13-25-48)61-55-54(45)63-64-66(55)58(49-26-14-5-15-27-49,50-28-16-6-17-29-50)51-30-18-7-19-31-51/h2-35,37-39,41H,36,40H2,1H3,(H,61,62). The average molecular weight is 871 g/mol. The fourth-order valence-electron chi connectivity index (χ4n) is 9.71. The summed E-state index contributed by atoms with van der Waals surface area (Å²) in [6.45, 7) is 0.574. The first kappa shape index (κ1) is 41.0. The molecule has 0 unspecified atom stereocenters. The van der Waals surface area contributed by atoms with E-state index in [1.54, 1.807) is 13.3 Å². The first-order valence-corrected chi connectivity index (χ1v) is 22.4. The summed E-state index contributed by atoms with van der Waals surface area (Å²) in [6.07, 6.45) is 6.34. The second-order valence-corrected chi connectivity index (χ2v) is 16.7. The van der Waals surface area contributed by atoms with Crippen molar-refractivity contribution in [1.82, 2.24) is 34.7 Å². The molecule has 11 rings (SSSR count). The van der Waals surface area contributed by atoms with Gasteiger partial charge in [0.15, 0.2) is 5.65 Å². The lowest BCUT2D eigenvalue weighted by molar-refractivity contribution is 0.403. The zero-order valence-electron chi connectivity index (χ0n) is 36.9. The Balaban J connectivity index is 1.12. The van der Waals surface area contributed by atoms with Crippen LogP contribution < -0.4 is 10.1 Å². The Labute approximate surface area is 389 Å². The number of anilines is 1. The van der Waals surface area contributed by atoms with E-state index in [-0.39, 0.29) is 0 Å². The molecule has 0 atom stereocenters. The number of methoxy groups -OCH3 is 1. The Morgan fingerprint density at radius 3 is 1.61 bits per heavy atom. The summed E-state index contributed by atoms with van der Waals surface area (Å²) < 4.78 is 9.60. The molecule has 0 aliphatic carbocycles. The summed E-state index contributed by atoms with van der Waals surface area (Å²) in [7, 11) is 1.65. The fraction of sp³-hybridized carbons (Fsp3) is 0.0862. The number of pyridine rings is 2. The van der Waals surface area contributed by atoms with Crippen LogP contribution in [0.4, 0.5) is 5.82 Å². The quantitative estimate of drug-likeness (QED) is 0.109. The van der Waals surface area contributed by atoms with Crippen LogP contribution in [-0.4, -0.2) is 41.9 Å². The van der Waals surface area contributed by atoms with Crippen LogP contribution in [0, 0.1) is 0 Å². The molecule has 9 nitrogen and oxygen atoms in total. The highest BCUT2D eigenvalue weighted by molar-refractivity contribution is 5.87. The van der Waals surface area contributed by atoms with Gasteiger partial charge in [0.2, 0.25) is 5.88 Å². The maximum absolute atomic E-state index is 5.63. The Kier molecular flexibility index (Phi) is 10.8. The highest BCUT2D eigenvalue weighted by atomic mass is 16.5. The van der Waals surface area contributed by atoms with Gasteiger partial charge in [0.25, 0.3) is 0 Å². The molecule has 9 heteroatoms. The molecule has 0 saturated carbocycles. The molecule has 0 saturated heterocycles. The van der Waals surface area contributed by atoms with E-state index in [1.807, 2.05) is 39.8 Å². The molecule has 1 N–H and O–H groups in total. The van der Waals surface area contributed by atoms with Gasteiger partial charge in [-0.1, -0.05) is 199 Å². The average Bonchev–Trinajstić information content (AvgIpc) is 4.04. The van der Waals surface area contributed by atoms with Gasteiger partial charge >= 0.3 is 0 Å². The van der Waals surface area contributed by atoms with Crippen molar-refractivity contribution < 1.29 is 4.74 Å². The molecule has 0 bridgehead atoms. The topological polar surface area (TPSA) is 95.6 Å². The van der Waals surface area contributed by atoms with Crippen molar-refractivity contribution in [3.05, 3.63) is 281 Å². The molecule has 0 radical (unpaired) electrons. The molecule has 4 aromatic heterocycles. The molecule has 11 aromatic rings. The number of rotatable bonds is 14. The number of benzene rings is 7. The largest absolute Gasteiger partial charge is 0.481 e. The van der Waals surface area contributed by atoms with Crippen LogP contribution >= 0.6 is 0 Å². The highest BCUT2D eigenvalue weighted by Gasteiger charge is 2.42. The summed E-state index contributed by atoms with van der Waals surface area (Å²) in [5.74, 6) is 1.27. The van der Waals surface area contributed by atoms with E-state index >= 15 is 0 Å². The number of hydrogen-bond acceptors (Lipinski definition) is 7. The second kappa shape index (κ2) is 17.7. The number of nitrogens with one attached hydrogen (secondary N) is 1. The molecule has 4 heterocycles. The predicted molar refractivity (Wildman–Crippen MR) is 265 cm³/mol. The van der Waals surface area contributed by atoms with E-state index in [0.29, 0.717) is 35.8 Å². The highest BCUT2D eigenvalue weighted by Crippen LogP contribution is 2.44. The Bertz CT molecular complexity index is 3220. The smallest absolute Gasteiger partial charge is 0.221 e.